The number of piperazine rings is 1. The van der Waals surface area contributed by atoms with Crippen molar-refractivity contribution in [1.29, 1.82) is 0 Å². The number of benzene rings is 1. The normalized spacial score (nSPS) is 15.8. The molecule has 1 amide bonds. The predicted octanol–water partition coefficient (Wildman–Crippen LogP) is 3.80. The maximum atomic E-state index is 12.2. The highest BCUT2D eigenvalue weighted by molar-refractivity contribution is 6.36. The topological polar surface area (TPSA) is 48.5 Å². The fraction of sp³-hybridized carbons (Fsp3) is 0.333. The maximum Gasteiger partial charge on any atom is 0.239 e. The Morgan fingerprint density at radius 2 is 1.77 bits per heavy atom. The lowest BCUT2D eigenvalue weighted by Gasteiger charge is -2.34. The quantitative estimate of drug-likeness (QED) is 0.810. The van der Waals surface area contributed by atoms with E-state index in [0.717, 1.165) is 37.7 Å². The molecule has 26 heavy (non-hydrogen) atoms. The minimum atomic E-state index is -0.134. The minimum absolute atomic E-state index is 0.134. The lowest BCUT2D eigenvalue weighted by atomic mass is 10.2. The van der Waals surface area contributed by atoms with Crippen molar-refractivity contribution >= 4 is 46.5 Å². The van der Waals surface area contributed by atoms with E-state index in [1.54, 1.807) is 6.07 Å². The molecular weight excluding hydrogens is 395 g/mol. The Morgan fingerprint density at radius 1 is 1.04 bits per heavy atom. The first kappa shape index (κ1) is 19.4. The first-order valence-electron chi connectivity index (χ1n) is 8.29. The molecule has 5 nitrogen and oxygen atoms in total. The van der Waals surface area contributed by atoms with Crippen LogP contribution in [0.4, 0.5) is 5.82 Å². The van der Waals surface area contributed by atoms with Crippen molar-refractivity contribution < 1.29 is 4.79 Å². The van der Waals surface area contributed by atoms with Crippen molar-refractivity contribution in [1.82, 2.24) is 14.8 Å². The van der Waals surface area contributed by atoms with E-state index in [0.29, 0.717) is 22.4 Å². The number of carbonyl (C=O) groups excluding carboxylic acids is 1. The van der Waals surface area contributed by atoms with Crippen LogP contribution in [0, 0.1) is 0 Å². The minimum Gasteiger partial charge on any atom is -0.308 e. The average molecular weight is 414 g/mol. The fourth-order valence-corrected chi connectivity index (χ4v) is 3.52. The smallest absolute Gasteiger partial charge is 0.239 e. The highest BCUT2D eigenvalue weighted by atomic mass is 35.5. The first-order chi connectivity index (χ1) is 12.5. The number of carbonyl (C=O) groups is 1. The number of anilines is 1. The SMILES string of the molecule is O=C(CN1CCN(Cc2cccc(Cl)c2)CC1)Nc1ncc(Cl)cc1Cl. The van der Waals surface area contributed by atoms with E-state index in [9.17, 15) is 4.79 Å². The number of rotatable bonds is 5. The van der Waals surface area contributed by atoms with Gasteiger partial charge in [-0.2, -0.15) is 0 Å². The molecule has 1 N–H and O–H groups in total. The molecule has 1 aromatic carbocycles. The van der Waals surface area contributed by atoms with Gasteiger partial charge in [-0.05, 0) is 23.8 Å². The zero-order chi connectivity index (χ0) is 18.5. The number of halogens is 3. The van der Waals surface area contributed by atoms with Crippen LogP contribution in [0.1, 0.15) is 5.56 Å². The molecule has 8 heteroatoms. The van der Waals surface area contributed by atoms with Gasteiger partial charge < -0.3 is 5.32 Å². The van der Waals surface area contributed by atoms with Gasteiger partial charge in [0.05, 0.1) is 16.6 Å². The van der Waals surface area contributed by atoms with Gasteiger partial charge >= 0.3 is 0 Å². The van der Waals surface area contributed by atoms with Crippen molar-refractivity contribution in [3.8, 4) is 0 Å². The van der Waals surface area contributed by atoms with E-state index in [1.165, 1.54) is 11.8 Å². The van der Waals surface area contributed by atoms with Crippen LogP contribution in [0.15, 0.2) is 36.5 Å². The van der Waals surface area contributed by atoms with Gasteiger partial charge in [0.15, 0.2) is 5.82 Å². The van der Waals surface area contributed by atoms with Crippen LogP contribution in [-0.4, -0.2) is 53.4 Å². The van der Waals surface area contributed by atoms with E-state index in [2.05, 4.69) is 26.2 Å². The largest absolute Gasteiger partial charge is 0.308 e. The Bertz CT molecular complexity index is 779. The van der Waals surface area contributed by atoms with E-state index in [1.807, 2.05) is 18.2 Å². The summed E-state index contributed by atoms with van der Waals surface area (Å²) in [6, 6.07) is 9.47. The van der Waals surface area contributed by atoms with Gasteiger partial charge in [0.25, 0.3) is 0 Å². The molecular formula is C18H19Cl3N4O. The number of amides is 1. The summed E-state index contributed by atoms with van der Waals surface area (Å²) in [7, 11) is 0. The number of pyridine rings is 1. The lowest BCUT2D eigenvalue weighted by Crippen LogP contribution is -2.48. The summed E-state index contributed by atoms with van der Waals surface area (Å²) >= 11 is 17.9. The summed E-state index contributed by atoms with van der Waals surface area (Å²) in [5, 5.41) is 4.25. The molecule has 138 valence electrons. The fourth-order valence-electron chi connectivity index (χ4n) is 2.88. The van der Waals surface area contributed by atoms with Gasteiger partial charge in [-0.1, -0.05) is 46.9 Å². The molecule has 2 heterocycles. The van der Waals surface area contributed by atoms with Crippen LogP contribution < -0.4 is 5.32 Å². The Morgan fingerprint density at radius 3 is 2.46 bits per heavy atom. The molecule has 0 spiro atoms. The third-order valence-corrected chi connectivity index (χ3v) is 4.92. The van der Waals surface area contributed by atoms with Crippen molar-refractivity contribution in [2.75, 3.05) is 38.0 Å². The van der Waals surface area contributed by atoms with Crippen LogP contribution in [0.25, 0.3) is 0 Å². The third-order valence-electron chi connectivity index (χ3n) is 4.19. The number of hydrogen-bond donors (Lipinski definition) is 1. The Hall–Kier alpha value is -1.37. The van der Waals surface area contributed by atoms with E-state index in [-0.39, 0.29) is 5.91 Å². The van der Waals surface area contributed by atoms with Gasteiger partial charge in [-0.3, -0.25) is 14.6 Å². The number of hydrogen-bond acceptors (Lipinski definition) is 4. The predicted molar refractivity (Wildman–Crippen MR) is 106 cm³/mol. The monoisotopic (exact) mass is 412 g/mol. The summed E-state index contributed by atoms with van der Waals surface area (Å²) in [5.74, 6) is 0.200. The molecule has 0 bridgehead atoms. The van der Waals surface area contributed by atoms with Crippen LogP contribution in [0.5, 0.6) is 0 Å². The molecule has 2 aromatic rings. The third kappa shape index (κ3) is 5.56. The number of nitrogens with zero attached hydrogens (tertiary/aromatic N) is 3. The van der Waals surface area contributed by atoms with Crippen LogP contribution in [0.2, 0.25) is 15.1 Å². The van der Waals surface area contributed by atoms with Gasteiger partial charge in [-0.15, -0.1) is 0 Å². The standard InChI is InChI=1S/C18H19Cl3N4O/c19-14-3-1-2-13(8-14)11-24-4-6-25(7-5-24)12-17(26)23-18-16(21)9-15(20)10-22-18/h1-3,8-10H,4-7,11-12H2,(H,22,23,26). The summed E-state index contributed by atoms with van der Waals surface area (Å²) in [6.45, 7) is 4.64. The van der Waals surface area contributed by atoms with Gasteiger partial charge in [0.2, 0.25) is 5.91 Å². The summed E-state index contributed by atoms with van der Waals surface area (Å²) in [6.07, 6.45) is 1.46. The zero-order valence-corrected chi connectivity index (χ0v) is 16.4. The molecule has 1 saturated heterocycles. The second-order valence-electron chi connectivity index (χ2n) is 6.21. The second-order valence-corrected chi connectivity index (χ2v) is 7.49. The van der Waals surface area contributed by atoms with E-state index in [4.69, 9.17) is 34.8 Å². The van der Waals surface area contributed by atoms with Crippen LogP contribution in [0.3, 0.4) is 0 Å². The van der Waals surface area contributed by atoms with Crippen LogP contribution >= 0.6 is 34.8 Å². The average Bonchev–Trinajstić information content (AvgIpc) is 2.59. The highest BCUT2D eigenvalue weighted by Gasteiger charge is 2.19. The van der Waals surface area contributed by atoms with Gasteiger partial charge in [0.1, 0.15) is 0 Å². The number of nitrogens with one attached hydrogen (secondary N) is 1. The Balaban J connectivity index is 1.45. The molecule has 1 aliphatic heterocycles. The van der Waals surface area contributed by atoms with Crippen molar-refractivity contribution in [3.05, 3.63) is 57.2 Å². The molecule has 0 atom stereocenters. The molecule has 1 fully saturated rings. The Kier molecular flexibility index (Phi) is 6.73. The maximum absolute atomic E-state index is 12.2. The van der Waals surface area contributed by atoms with E-state index >= 15 is 0 Å². The first-order valence-corrected chi connectivity index (χ1v) is 9.43. The molecule has 3 rings (SSSR count). The molecule has 0 radical (unpaired) electrons. The van der Waals surface area contributed by atoms with Gasteiger partial charge in [-0.25, -0.2) is 4.98 Å². The van der Waals surface area contributed by atoms with E-state index < -0.39 is 0 Å². The molecule has 0 aliphatic carbocycles. The lowest BCUT2D eigenvalue weighted by molar-refractivity contribution is -0.117. The van der Waals surface area contributed by atoms with Crippen molar-refractivity contribution in [3.63, 3.8) is 0 Å². The highest BCUT2D eigenvalue weighted by Crippen LogP contribution is 2.22. The zero-order valence-electron chi connectivity index (χ0n) is 14.1. The molecule has 1 aromatic heterocycles. The molecule has 1 aliphatic rings. The molecule has 0 unspecified atom stereocenters. The second kappa shape index (κ2) is 9.02. The summed E-state index contributed by atoms with van der Waals surface area (Å²) in [5.41, 5.74) is 1.20. The number of aromatic nitrogens is 1. The summed E-state index contributed by atoms with van der Waals surface area (Å²) in [4.78, 5) is 20.7. The van der Waals surface area contributed by atoms with Crippen molar-refractivity contribution in [2.45, 2.75) is 6.54 Å². The van der Waals surface area contributed by atoms with Crippen molar-refractivity contribution in [2.24, 2.45) is 0 Å². The molecule has 0 saturated carbocycles. The Labute approximate surface area is 167 Å². The van der Waals surface area contributed by atoms with Crippen LogP contribution in [-0.2, 0) is 11.3 Å². The van der Waals surface area contributed by atoms with Gasteiger partial charge in [0, 0.05) is 43.9 Å². The summed E-state index contributed by atoms with van der Waals surface area (Å²) < 4.78 is 0.